The molecule has 0 bridgehead atoms. The summed E-state index contributed by atoms with van der Waals surface area (Å²) in [5.41, 5.74) is 2.82. The molecule has 0 aliphatic carbocycles. The summed E-state index contributed by atoms with van der Waals surface area (Å²) in [7, 11) is 0. The van der Waals surface area contributed by atoms with E-state index in [1.54, 1.807) is 0 Å². The normalized spacial score (nSPS) is 11.1. The Balaban J connectivity index is 2.39. The van der Waals surface area contributed by atoms with Crippen LogP contribution in [0.2, 0.25) is 5.02 Å². The van der Waals surface area contributed by atoms with Crippen LogP contribution in [0.5, 0.6) is 0 Å². The molecule has 0 amide bonds. The number of fused-ring (bicyclic) bond motifs is 1. The largest absolute Gasteiger partial charge is 0.330 e. The summed E-state index contributed by atoms with van der Waals surface area (Å²) in [6.07, 6.45) is 0. The van der Waals surface area contributed by atoms with Gasteiger partial charge < -0.3 is 4.98 Å². The van der Waals surface area contributed by atoms with Crippen molar-refractivity contribution in [3.63, 3.8) is 0 Å². The summed E-state index contributed by atoms with van der Waals surface area (Å²) in [5.74, 6) is 0. The van der Waals surface area contributed by atoms with E-state index in [-0.39, 0.29) is 0 Å². The summed E-state index contributed by atoms with van der Waals surface area (Å²) in [6, 6.07) is 11.7. The van der Waals surface area contributed by atoms with Crippen LogP contribution in [0, 0.1) is 4.77 Å². The Labute approximate surface area is 136 Å². The lowest BCUT2D eigenvalue weighted by Crippen LogP contribution is -1.95. The van der Waals surface area contributed by atoms with Crippen LogP contribution in [0.4, 0.5) is 0 Å². The highest BCUT2D eigenvalue weighted by atomic mass is 79.9. The van der Waals surface area contributed by atoms with Crippen LogP contribution >= 0.6 is 55.7 Å². The number of halogens is 3. The van der Waals surface area contributed by atoms with E-state index in [9.17, 15) is 0 Å². The Morgan fingerprint density at radius 3 is 2.53 bits per heavy atom. The van der Waals surface area contributed by atoms with Gasteiger partial charge in [0.2, 0.25) is 0 Å². The lowest BCUT2D eigenvalue weighted by atomic mass is 10.3. The Kier molecular flexibility index (Phi) is 3.55. The van der Waals surface area contributed by atoms with Gasteiger partial charge in [-0.3, -0.25) is 4.57 Å². The van der Waals surface area contributed by atoms with Gasteiger partial charge >= 0.3 is 0 Å². The standard InChI is InChI=1S/C13H7Br2ClN2S/c14-7-2-4-11-10(5-7)17-13(19)18(11)12-6-8(15)1-3-9(12)16/h1-6H,(H,17,19). The van der Waals surface area contributed by atoms with Crippen LogP contribution in [-0.2, 0) is 0 Å². The van der Waals surface area contributed by atoms with E-state index in [0.29, 0.717) is 9.79 Å². The van der Waals surface area contributed by atoms with Gasteiger partial charge in [0, 0.05) is 8.95 Å². The Hall–Kier alpha value is -0.620. The van der Waals surface area contributed by atoms with Crippen molar-refractivity contribution in [2.75, 3.05) is 0 Å². The number of imidazole rings is 1. The Morgan fingerprint density at radius 1 is 1.05 bits per heavy atom. The minimum atomic E-state index is 0.619. The van der Waals surface area contributed by atoms with Gasteiger partial charge in [0.05, 0.1) is 21.7 Å². The summed E-state index contributed by atoms with van der Waals surface area (Å²) in [6.45, 7) is 0. The molecule has 0 fully saturated rings. The van der Waals surface area contributed by atoms with Crippen molar-refractivity contribution in [2.24, 2.45) is 0 Å². The molecule has 0 spiro atoms. The van der Waals surface area contributed by atoms with Crippen LogP contribution < -0.4 is 0 Å². The van der Waals surface area contributed by atoms with E-state index in [1.165, 1.54) is 0 Å². The van der Waals surface area contributed by atoms with Crippen molar-refractivity contribution >= 4 is 66.7 Å². The summed E-state index contributed by atoms with van der Waals surface area (Å²) in [4.78, 5) is 3.19. The molecule has 0 aliphatic heterocycles. The molecular formula is C13H7Br2ClN2S. The van der Waals surface area contributed by atoms with Gasteiger partial charge in [0.15, 0.2) is 4.77 Å². The molecule has 0 radical (unpaired) electrons. The highest BCUT2D eigenvalue weighted by molar-refractivity contribution is 9.10. The summed E-state index contributed by atoms with van der Waals surface area (Å²) < 4.78 is 4.52. The maximum absolute atomic E-state index is 6.28. The second-order valence-electron chi connectivity index (χ2n) is 4.02. The van der Waals surface area contributed by atoms with Gasteiger partial charge in [-0.05, 0) is 48.6 Å². The molecule has 1 aromatic heterocycles. The third-order valence-corrected chi connectivity index (χ3v) is 4.38. The van der Waals surface area contributed by atoms with E-state index in [1.807, 2.05) is 41.0 Å². The molecule has 0 atom stereocenters. The molecule has 0 unspecified atom stereocenters. The second kappa shape index (κ2) is 5.05. The number of nitrogens with zero attached hydrogens (tertiary/aromatic N) is 1. The monoisotopic (exact) mass is 416 g/mol. The lowest BCUT2D eigenvalue weighted by molar-refractivity contribution is 1.06. The third-order valence-electron chi connectivity index (χ3n) is 2.79. The zero-order valence-corrected chi connectivity index (χ0v) is 14.2. The molecule has 0 aliphatic rings. The van der Waals surface area contributed by atoms with Crippen molar-refractivity contribution in [1.82, 2.24) is 9.55 Å². The molecular weight excluding hydrogens is 411 g/mol. The van der Waals surface area contributed by atoms with Crippen molar-refractivity contribution in [3.05, 3.63) is 55.1 Å². The van der Waals surface area contributed by atoms with Crippen LogP contribution in [0.3, 0.4) is 0 Å². The SMILES string of the molecule is S=c1[nH]c2cc(Br)ccc2n1-c1cc(Br)ccc1Cl. The molecule has 2 aromatic carbocycles. The number of H-pyrrole nitrogens is 1. The highest BCUT2D eigenvalue weighted by Gasteiger charge is 2.10. The van der Waals surface area contributed by atoms with Crippen molar-refractivity contribution < 1.29 is 0 Å². The number of aromatic nitrogens is 2. The zero-order chi connectivity index (χ0) is 13.6. The zero-order valence-electron chi connectivity index (χ0n) is 9.45. The topological polar surface area (TPSA) is 20.7 Å². The molecule has 1 heterocycles. The van der Waals surface area contributed by atoms with E-state index in [0.717, 1.165) is 25.7 Å². The highest BCUT2D eigenvalue weighted by Crippen LogP contribution is 2.29. The summed E-state index contributed by atoms with van der Waals surface area (Å²) in [5, 5.41) is 0.656. The number of aromatic amines is 1. The molecule has 6 heteroatoms. The fourth-order valence-electron chi connectivity index (χ4n) is 1.98. The van der Waals surface area contributed by atoms with Gasteiger partial charge in [-0.1, -0.05) is 43.5 Å². The maximum atomic E-state index is 6.28. The average molecular weight is 419 g/mol. The predicted molar refractivity (Wildman–Crippen MR) is 88.9 cm³/mol. The number of hydrogen-bond acceptors (Lipinski definition) is 1. The number of rotatable bonds is 1. The van der Waals surface area contributed by atoms with Crippen LogP contribution in [0.25, 0.3) is 16.7 Å². The van der Waals surface area contributed by atoms with E-state index in [2.05, 4.69) is 36.8 Å². The van der Waals surface area contributed by atoms with Gasteiger partial charge in [0.25, 0.3) is 0 Å². The number of hydrogen-bond donors (Lipinski definition) is 1. The van der Waals surface area contributed by atoms with Gasteiger partial charge in [0.1, 0.15) is 0 Å². The first-order valence-corrected chi connectivity index (χ1v) is 7.79. The Morgan fingerprint density at radius 2 is 1.74 bits per heavy atom. The minimum absolute atomic E-state index is 0.619. The van der Waals surface area contributed by atoms with Crippen molar-refractivity contribution in [3.8, 4) is 5.69 Å². The molecule has 0 saturated carbocycles. The molecule has 19 heavy (non-hydrogen) atoms. The van der Waals surface area contributed by atoms with E-state index in [4.69, 9.17) is 23.8 Å². The van der Waals surface area contributed by atoms with Gasteiger partial charge in [-0.2, -0.15) is 0 Å². The van der Waals surface area contributed by atoms with Crippen LogP contribution in [0.15, 0.2) is 45.3 Å². The Bertz CT molecular complexity index is 838. The fraction of sp³-hybridized carbons (Fsp3) is 0. The quantitative estimate of drug-likeness (QED) is 0.491. The van der Waals surface area contributed by atoms with Crippen molar-refractivity contribution in [1.29, 1.82) is 0 Å². The van der Waals surface area contributed by atoms with Crippen molar-refractivity contribution in [2.45, 2.75) is 0 Å². The average Bonchev–Trinajstić information content (AvgIpc) is 2.67. The molecule has 96 valence electrons. The smallest absolute Gasteiger partial charge is 0.182 e. The maximum Gasteiger partial charge on any atom is 0.182 e. The molecule has 3 rings (SSSR count). The van der Waals surface area contributed by atoms with E-state index >= 15 is 0 Å². The first kappa shape index (κ1) is 13.4. The van der Waals surface area contributed by atoms with Gasteiger partial charge in [-0.15, -0.1) is 0 Å². The molecule has 2 nitrogen and oxygen atoms in total. The summed E-state index contributed by atoms with van der Waals surface area (Å²) >= 11 is 18.6. The minimum Gasteiger partial charge on any atom is -0.330 e. The number of benzene rings is 2. The predicted octanol–water partition coefficient (Wildman–Crippen LogP) is 5.87. The molecule has 0 saturated heterocycles. The lowest BCUT2D eigenvalue weighted by Gasteiger charge is -2.07. The van der Waals surface area contributed by atoms with Crippen LogP contribution in [0.1, 0.15) is 0 Å². The third kappa shape index (κ3) is 2.40. The van der Waals surface area contributed by atoms with E-state index < -0.39 is 0 Å². The fourth-order valence-corrected chi connectivity index (χ4v) is 3.20. The first-order chi connectivity index (χ1) is 9.06. The van der Waals surface area contributed by atoms with Gasteiger partial charge in [-0.25, -0.2) is 0 Å². The van der Waals surface area contributed by atoms with Crippen LogP contribution in [-0.4, -0.2) is 9.55 Å². The number of nitrogens with one attached hydrogen (secondary N) is 1. The molecule has 1 N–H and O–H groups in total. The molecule has 3 aromatic rings. The first-order valence-electron chi connectivity index (χ1n) is 5.42. The second-order valence-corrected chi connectivity index (χ2v) is 6.65.